The third-order valence-electron chi connectivity index (χ3n) is 3.18. The summed E-state index contributed by atoms with van der Waals surface area (Å²) in [7, 11) is 0. The van der Waals surface area contributed by atoms with Gasteiger partial charge >= 0.3 is 4.87 Å². The van der Waals surface area contributed by atoms with E-state index >= 15 is 0 Å². The van der Waals surface area contributed by atoms with E-state index in [1.165, 1.54) is 4.57 Å². The van der Waals surface area contributed by atoms with Crippen LogP contribution in [-0.4, -0.2) is 27.7 Å². The molecule has 5 nitrogen and oxygen atoms in total. The lowest BCUT2D eigenvalue weighted by atomic mass is 9.80. The quantitative estimate of drug-likeness (QED) is 0.811. The monoisotopic (exact) mass is 256 g/mol. The van der Waals surface area contributed by atoms with Crippen LogP contribution in [0, 0.1) is 6.92 Å². The van der Waals surface area contributed by atoms with Gasteiger partial charge in [0.15, 0.2) is 0 Å². The van der Waals surface area contributed by atoms with Crippen molar-refractivity contribution in [3.63, 3.8) is 0 Å². The van der Waals surface area contributed by atoms with Crippen LogP contribution in [0.25, 0.3) is 0 Å². The minimum Gasteiger partial charge on any atom is -0.388 e. The minimum atomic E-state index is -0.718. The van der Waals surface area contributed by atoms with E-state index in [0.29, 0.717) is 0 Å². The van der Waals surface area contributed by atoms with Gasteiger partial charge in [0.25, 0.3) is 0 Å². The summed E-state index contributed by atoms with van der Waals surface area (Å²) in [5.74, 6) is -0.228. The molecule has 1 aromatic heterocycles. The number of rotatable bonds is 4. The Morgan fingerprint density at radius 3 is 2.82 bits per heavy atom. The van der Waals surface area contributed by atoms with E-state index in [4.69, 9.17) is 0 Å². The van der Waals surface area contributed by atoms with E-state index in [2.05, 4.69) is 5.32 Å². The fourth-order valence-corrected chi connectivity index (χ4v) is 2.55. The SMILES string of the molecule is Cc1csc(=O)n1CC(=O)NCC1(O)CCC1. The number of nitrogens with one attached hydrogen (secondary N) is 1. The largest absolute Gasteiger partial charge is 0.388 e. The van der Waals surface area contributed by atoms with Crippen LogP contribution in [0.1, 0.15) is 25.0 Å². The molecule has 0 aromatic carbocycles. The maximum atomic E-state index is 11.6. The van der Waals surface area contributed by atoms with E-state index in [1.807, 2.05) is 0 Å². The number of aromatic nitrogens is 1. The molecule has 17 heavy (non-hydrogen) atoms. The van der Waals surface area contributed by atoms with Crippen molar-refractivity contribution in [1.29, 1.82) is 0 Å². The average Bonchev–Trinajstić information content (AvgIpc) is 2.55. The van der Waals surface area contributed by atoms with Gasteiger partial charge in [0.1, 0.15) is 6.54 Å². The molecule has 94 valence electrons. The van der Waals surface area contributed by atoms with Crippen LogP contribution >= 0.6 is 11.3 Å². The molecule has 0 spiro atoms. The Labute approximate surface area is 103 Å². The first kappa shape index (κ1) is 12.3. The number of hydrogen-bond acceptors (Lipinski definition) is 4. The molecule has 0 unspecified atom stereocenters. The molecule has 1 amide bonds. The molecule has 1 fully saturated rings. The average molecular weight is 256 g/mol. The topological polar surface area (TPSA) is 71.3 Å². The Kier molecular flexibility index (Phi) is 3.35. The van der Waals surface area contributed by atoms with Crippen LogP contribution in [0.2, 0.25) is 0 Å². The summed E-state index contributed by atoms with van der Waals surface area (Å²) in [6, 6.07) is 0. The van der Waals surface area contributed by atoms with Crippen molar-refractivity contribution in [1.82, 2.24) is 9.88 Å². The van der Waals surface area contributed by atoms with Gasteiger partial charge in [-0.25, -0.2) is 0 Å². The van der Waals surface area contributed by atoms with Crippen molar-refractivity contribution in [3.8, 4) is 0 Å². The maximum Gasteiger partial charge on any atom is 0.307 e. The maximum absolute atomic E-state index is 11.6. The van der Waals surface area contributed by atoms with E-state index < -0.39 is 5.60 Å². The van der Waals surface area contributed by atoms with E-state index in [0.717, 1.165) is 36.3 Å². The second-order valence-corrected chi connectivity index (χ2v) is 5.40. The zero-order valence-corrected chi connectivity index (χ0v) is 10.5. The highest BCUT2D eigenvalue weighted by molar-refractivity contribution is 7.07. The van der Waals surface area contributed by atoms with Crippen molar-refractivity contribution in [3.05, 3.63) is 20.7 Å². The molecule has 0 saturated heterocycles. The van der Waals surface area contributed by atoms with Crippen LogP contribution in [0.15, 0.2) is 10.2 Å². The van der Waals surface area contributed by atoms with Crippen LogP contribution < -0.4 is 10.2 Å². The Balaban J connectivity index is 1.87. The Morgan fingerprint density at radius 1 is 1.65 bits per heavy atom. The van der Waals surface area contributed by atoms with Gasteiger partial charge in [-0.3, -0.25) is 14.2 Å². The molecule has 0 bridgehead atoms. The van der Waals surface area contributed by atoms with Gasteiger partial charge in [-0.05, 0) is 26.2 Å². The van der Waals surface area contributed by atoms with Crippen molar-refractivity contribution >= 4 is 17.2 Å². The van der Waals surface area contributed by atoms with Gasteiger partial charge in [0.2, 0.25) is 5.91 Å². The molecule has 2 N–H and O–H groups in total. The number of aliphatic hydroxyl groups is 1. The predicted molar refractivity (Wildman–Crippen MR) is 65.1 cm³/mol. The first-order chi connectivity index (χ1) is 8.00. The first-order valence-corrected chi connectivity index (χ1v) is 6.52. The standard InChI is InChI=1S/C11H16N2O3S/c1-8-6-17-10(15)13(8)5-9(14)12-7-11(16)3-2-4-11/h6,16H,2-5,7H2,1H3,(H,12,14). The van der Waals surface area contributed by atoms with Gasteiger partial charge in [0, 0.05) is 17.6 Å². The first-order valence-electron chi connectivity index (χ1n) is 5.64. The lowest BCUT2D eigenvalue weighted by molar-refractivity contribution is -0.124. The fourth-order valence-electron chi connectivity index (χ4n) is 1.82. The molecule has 1 heterocycles. The molecule has 2 rings (SSSR count). The zero-order chi connectivity index (χ0) is 12.5. The number of carbonyl (C=O) groups is 1. The van der Waals surface area contributed by atoms with Crippen molar-refractivity contribution in [2.45, 2.75) is 38.3 Å². The molecule has 1 aromatic rings. The number of hydrogen-bond donors (Lipinski definition) is 2. The minimum absolute atomic E-state index is 0.0320. The highest BCUT2D eigenvalue weighted by atomic mass is 32.1. The number of nitrogens with zero attached hydrogens (tertiary/aromatic N) is 1. The third kappa shape index (κ3) is 2.76. The number of amides is 1. The lowest BCUT2D eigenvalue weighted by Crippen LogP contribution is -2.48. The molecular weight excluding hydrogens is 240 g/mol. The highest BCUT2D eigenvalue weighted by Gasteiger charge is 2.34. The van der Waals surface area contributed by atoms with Crippen molar-refractivity contribution in [2.24, 2.45) is 0 Å². The van der Waals surface area contributed by atoms with E-state index in [9.17, 15) is 14.7 Å². The lowest BCUT2D eigenvalue weighted by Gasteiger charge is -2.36. The van der Waals surface area contributed by atoms with Gasteiger partial charge in [0.05, 0.1) is 5.60 Å². The van der Waals surface area contributed by atoms with Gasteiger partial charge in [-0.15, -0.1) is 0 Å². The van der Waals surface area contributed by atoms with Gasteiger partial charge in [-0.2, -0.15) is 0 Å². The van der Waals surface area contributed by atoms with E-state index in [-0.39, 0.29) is 23.9 Å². The summed E-state index contributed by atoms with van der Waals surface area (Å²) in [5, 5.41) is 14.2. The molecule has 0 aliphatic heterocycles. The molecule has 1 aliphatic carbocycles. The highest BCUT2D eigenvalue weighted by Crippen LogP contribution is 2.30. The van der Waals surface area contributed by atoms with Crippen LogP contribution in [0.4, 0.5) is 0 Å². The second-order valence-electron chi connectivity index (χ2n) is 4.58. The third-order valence-corrected chi connectivity index (χ3v) is 4.06. The normalized spacial score (nSPS) is 17.5. The fraction of sp³-hybridized carbons (Fsp3) is 0.636. The van der Waals surface area contributed by atoms with Gasteiger partial charge in [-0.1, -0.05) is 11.3 Å². The predicted octanol–water partition coefficient (Wildman–Crippen LogP) is 0.249. The van der Waals surface area contributed by atoms with Crippen molar-refractivity contribution in [2.75, 3.05) is 6.54 Å². The number of thiazole rings is 1. The summed E-state index contributed by atoms with van der Waals surface area (Å²) < 4.78 is 1.44. The van der Waals surface area contributed by atoms with E-state index in [1.54, 1.807) is 12.3 Å². The molecule has 0 radical (unpaired) electrons. The Bertz CT molecular complexity index is 473. The van der Waals surface area contributed by atoms with Crippen molar-refractivity contribution < 1.29 is 9.90 Å². The molecule has 1 saturated carbocycles. The van der Waals surface area contributed by atoms with Crippen LogP contribution in [0.5, 0.6) is 0 Å². The Morgan fingerprint density at radius 2 is 2.35 bits per heavy atom. The second kappa shape index (κ2) is 4.62. The smallest absolute Gasteiger partial charge is 0.307 e. The molecular formula is C11H16N2O3S. The van der Waals surface area contributed by atoms with Crippen LogP contribution in [-0.2, 0) is 11.3 Å². The summed E-state index contributed by atoms with van der Waals surface area (Å²) in [5.41, 5.74) is 0.0714. The Hall–Kier alpha value is -1.14. The molecule has 1 aliphatic rings. The summed E-state index contributed by atoms with van der Waals surface area (Å²) in [6.07, 6.45) is 2.49. The molecule has 6 heteroatoms. The number of aryl methyl sites for hydroxylation is 1. The summed E-state index contributed by atoms with van der Waals surface area (Å²) >= 11 is 1.09. The summed E-state index contributed by atoms with van der Waals surface area (Å²) in [4.78, 5) is 22.9. The molecule has 0 atom stereocenters. The number of carbonyl (C=O) groups excluding carboxylic acids is 1. The summed E-state index contributed by atoms with van der Waals surface area (Å²) in [6.45, 7) is 2.11. The van der Waals surface area contributed by atoms with Crippen LogP contribution in [0.3, 0.4) is 0 Å². The van der Waals surface area contributed by atoms with Gasteiger partial charge < -0.3 is 10.4 Å². The zero-order valence-electron chi connectivity index (χ0n) is 9.73.